The number of benzene rings is 2. The SMILES string of the molecule is Cc1ccc(C)c(COc2ccc(F)cc2B(O)O)c1. The van der Waals surface area contributed by atoms with Crippen LogP contribution in [0.15, 0.2) is 36.4 Å². The molecule has 0 aliphatic heterocycles. The summed E-state index contributed by atoms with van der Waals surface area (Å²) in [6.07, 6.45) is 0. The minimum absolute atomic E-state index is 0.0234. The maximum absolute atomic E-state index is 13.1. The Kier molecular flexibility index (Phi) is 4.42. The molecule has 104 valence electrons. The predicted molar refractivity (Wildman–Crippen MR) is 76.5 cm³/mol. The highest BCUT2D eigenvalue weighted by atomic mass is 19.1. The molecule has 0 aliphatic carbocycles. The quantitative estimate of drug-likeness (QED) is 0.834. The monoisotopic (exact) mass is 274 g/mol. The van der Waals surface area contributed by atoms with E-state index >= 15 is 0 Å². The van der Waals surface area contributed by atoms with Crippen LogP contribution in [-0.4, -0.2) is 17.2 Å². The fourth-order valence-corrected chi connectivity index (χ4v) is 1.96. The summed E-state index contributed by atoms with van der Waals surface area (Å²) < 4.78 is 18.7. The molecule has 2 aromatic carbocycles. The van der Waals surface area contributed by atoms with Crippen LogP contribution in [-0.2, 0) is 6.61 Å². The summed E-state index contributed by atoms with van der Waals surface area (Å²) >= 11 is 0. The Balaban J connectivity index is 2.20. The molecule has 0 saturated carbocycles. The third-order valence-electron chi connectivity index (χ3n) is 3.14. The van der Waals surface area contributed by atoms with Crippen LogP contribution in [0, 0.1) is 19.7 Å². The van der Waals surface area contributed by atoms with E-state index in [4.69, 9.17) is 4.74 Å². The summed E-state index contributed by atoms with van der Waals surface area (Å²) in [5.41, 5.74) is 3.24. The number of rotatable bonds is 4. The number of hydrogen-bond acceptors (Lipinski definition) is 3. The lowest BCUT2D eigenvalue weighted by Gasteiger charge is -2.13. The van der Waals surface area contributed by atoms with Gasteiger partial charge in [-0.1, -0.05) is 23.8 Å². The van der Waals surface area contributed by atoms with Gasteiger partial charge in [0.15, 0.2) is 0 Å². The highest BCUT2D eigenvalue weighted by Gasteiger charge is 2.18. The number of hydrogen-bond donors (Lipinski definition) is 2. The lowest BCUT2D eigenvalue weighted by Crippen LogP contribution is -2.31. The first kappa shape index (κ1) is 14.6. The van der Waals surface area contributed by atoms with Gasteiger partial charge in [-0.15, -0.1) is 0 Å². The van der Waals surface area contributed by atoms with E-state index in [0.717, 1.165) is 22.8 Å². The summed E-state index contributed by atoms with van der Waals surface area (Å²) in [5, 5.41) is 18.5. The number of aryl methyl sites for hydroxylation is 2. The highest BCUT2D eigenvalue weighted by molar-refractivity contribution is 6.59. The van der Waals surface area contributed by atoms with E-state index in [1.54, 1.807) is 0 Å². The van der Waals surface area contributed by atoms with Gasteiger partial charge in [-0.2, -0.15) is 0 Å². The minimum Gasteiger partial charge on any atom is -0.489 e. The topological polar surface area (TPSA) is 49.7 Å². The van der Waals surface area contributed by atoms with Crippen molar-refractivity contribution in [3.05, 3.63) is 58.9 Å². The molecule has 5 heteroatoms. The number of halogens is 1. The zero-order valence-electron chi connectivity index (χ0n) is 11.4. The standard InChI is InChI=1S/C15H16BFO3/c1-10-3-4-11(2)12(7-10)9-20-15-6-5-13(17)8-14(15)16(18)19/h3-8,18-19H,9H2,1-2H3. The lowest BCUT2D eigenvalue weighted by molar-refractivity contribution is 0.305. The van der Waals surface area contributed by atoms with Crippen molar-refractivity contribution in [2.75, 3.05) is 0 Å². The zero-order chi connectivity index (χ0) is 14.7. The molecule has 2 N–H and O–H groups in total. The van der Waals surface area contributed by atoms with Crippen molar-refractivity contribution < 1.29 is 19.2 Å². The third kappa shape index (κ3) is 3.38. The molecule has 0 atom stereocenters. The van der Waals surface area contributed by atoms with E-state index in [1.807, 2.05) is 32.0 Å². The van der Waals surface area contributed by atoms with Crippen molar-refractivity contribution in [2.45, 2.75) is 20.5 Å². The average Bonchev–Trinajstić information content (AvgIpc) is 2.40. The van der Waals surface area contributed by atoms with Gasteiger partial charge in [-0.3, -0.25) is 0 Å². The molecule has 2 rings (SSSR count). The van der Waals surface area contributed by atoms with E-state index in [2.05, 4.69) is 0 Å². The maximum Gasteiger partial charge on any atom is 0.492 e. The van der Waals surface area contributed by atoms with Crippen molar-refractivity contribution in [1.29, 1.82) is 0 Å². The van der Waals surface area contributed by atoms with Gasteiger partial charge in [0.2, 0.25) is 0 Å². The van der Waals surface area contributed by atoms with E-state index in [1.165, 1.54) is 12.1 Å². The van der Waals surface area contributed by atoms with Gasteiger partial charge in [0, 0.05) is 5.46 Å². The molecule has 0 bridgehead atoms. The van der Waals surface area contributed by atoms with Crippen molar-refractivity contribution in [2.24, 2.45) is 0 Å². The highest BCUT2D eigenvalue weighted by Crippen LogP contribution is 2.15. The molecular formula is C15H16BFO3. The Labute approximate surface area is 117 Å². The molecule has 0 amide bonds. The Hall–Kier alpha value is -1.85. The van der Waals surface area contributed by atoms with Crippen LogP contribution < -0.4 is 10.2 Å². The van der Waals surface area contributed by atoms with E-state index < -0.39 is 12.9 Å². The molecule has 0 fully saturated rings. The molecule has 3 nitrogen and oxygen atoms in total. The molecule has 0 radical (unpaired) electrons. The average molecular weight is 274 g/mol. The summed E-state index contributed by atoms with van der Waals surface area (Å²) in [6, 6.07) is 9.71. The molecule has 0 aliphatic rings. The van der Waals surface area contributed by atoms with Crippen LogP contribution in [0.1, 0.15) is 16.7 Å². The normalized spacial score (nSPS) is 10.4. The lowest BCUT2D eigenvalue weighted by atomic mass is 9.79. The Bertz CT molecular complexity index is 614. The third-order valence-corrected chi connectivity index (χ3v) is 3.14. The van der Waals surface area contributed by atoms with Crippen LogP contribution >= 0.6 is 0 Å². The largest absolute Gasteiger partial charge is 0.492 e. The van der Waals surface area contributed by atoms with Gasteiger partial charge in [-0.05, 0) is 43.2 Å². The summed E-state index contributed by atoms with van der Waals surface area (Å²) in [5.74, 6) is -0.269. The first-order valence-electron chi connectivity index (χ1n) is 6.32. The van der Waals surface area contributed by atoms with Crippen LogP contribution in [0.5, 0.6) is 5.75 Å². The second-order valence-electron chi connectivity index (χ2n) is 4.77. The molecule has 0 heterocycles. The molecule has 0 unspecified atom stereocenters. The molecular weight excluding hydrogens is 258 g/mol. The Morgan fingerprint density at radius 1 is 1.10 bits per heavy atom. The first-order valence-corrected chi connectivity index (χ1v) is 6.32. The first-order chi connectivity index (χ1) is 9.47. The van der Waals surface area contributed by atoms with Crippen LogP contribution in [0.25, 0.3) is 0 Å². The Morgan fingerprint density at radius 3 is 2.55 bits per heavy atom. The summed E-state index contributed by atoms with van der Waals surface area (Å²) in [7, 11) is -1.76. The van der Waals surface area contributed by atoms with Gasteiger partial charge in [0.05, 0.1) is 0 Å². The second kappa shape index (κ2) is 6.07. The summed E-state index contributed by atoms with van der Waals surface area (Å²) in [6.45, 7) is 4.26. The second-order valence-corrected chi connectivity index (χ2v) is 4.77. The van der Waals surface area contributed by atoms with Crippen molar-refractivity contribution in [3.8, 4) is 5.75 Å². The van der Waals surface area contributed by atoms with Crippen LogP contribution in [0.4, 0.5) is 4.39 Å². The molecule has 0 saturated heterocycles. The van der Waals surface area contributed by atoms with Crippen LogP contribution in [0.3, 0.4) is 0 Å². The molecule has 0 aromatic heterocycles. The van der Waals surface area contributed by atoms with Crippen LogP contribution in [0.2, 0.25) is 0 Å². The molecule has 0 spiro atoms. The Morgan fingerprint density at radius 2 is 1.85 bits per heavy atom. The van der Waals surface area contributed by atoms with Gasteiger partial charge in [0.1, 0.15) is 18.2 Å². The molecule has 20 heavy (non-hydrogen) atoms. The van der Waals surface area contributed by atoms with Gasteiger partial charge < -0.3 is 14.8 Å². The van der Waals surface area contributed by atoms with Crippen molar-refractivity contribution in [3.63, 3.8) is 0 Å². The zero-order valence-corrected chi connectivity index (χ0v) is 11.4. The summed E-state index contributed by atoms with van der Waals surface area (Å²) in [4.78, 5) is 0. The predicted octanol–water partition coefficient (Wildman–Crippen LogP) is 1.70. The van der Waals surface area contributed by atoms with E-state index in [-0.39, 0.29) is 11.2 Å². The minimum atomic E-state index is -1.76. The number of ether oxygens (including phenoxy) is 1. The van der Waals surface area contributed by atoms with Gasteiger partial charge >= 0.3 is 7.12 Å². The molecule has 2 aromatic rings. The fourth-order valence-electron chi connectivity index (χ4n) is 1.96. The van der Waals surface area contributed by atoms with Crippen molar-refractivity contribution >= 4 is 12.6 Å². The van der Waals surface area contributed by atoms with E-state index in [9.17, 15) is 14.4 Å². The van der Waals surface area contributed by atoms with Crippen molar-refractivity contribution in [1.82, 2.24) is 0 Å². The van der Waals surface area contributed by atoms with E-state index in [0.29, 0.717) is 6.61 Å². The fraction of sp³-hybridized carbons (Fsp3) is 0.200. The van der Waals surface area contributed by atoms with Gasteiger partial charge in [-0.25, -0.2) is 4.39 Å². The smallest absolute Gasteiger partial charge is 0.489 e. The van der Waals surface area contributed by atoms with Gasteiger partial charge in [0.25, 0.3) is 0 Å². The maximum atomic E-state index is 13.1.